The van der Waals surface area contributed by atoms with E-state index in [1.807, 2.05) is 32.0 Å². The first-order valence-corrected chi connectivity index (χ1v) is 9.64. The molecule has 9 heteroatoms. The van der Waals surface area contributed by atoms with Crippen molar-refractivity contribution in [1.82, 2.24) is 25.0 Å². The number of H-pyrrole nitrogens is 1. The minimum atomic E-state index is -0.371. The lowest BCUT2D eigenvalue weighted by Crippen LogP contribution is -2.11. The van der Waals surface area contributed by atoms with Gasteiger partial charge in [0.15, 0.2) is 5.76 Å². The van der Waals surface area contributed by atoms with Gasteiger partial charge in [-0.05, 0) is 38.1 Å². The SMILES string of the molecule is CCOCCn1cc(NC(=O)c2ccc(-c3c[nH]nc3C)o2)c(-c2ccccn2)n1. The van der Waals surface area contributed by atoms with Gasteiger partial charge >= 0.3 is 0 Å². The first-order valence-electron chi connectivity index (χ1n) is 9.64. The van der Waals surface area contributed by atoms with Crippen LogP contribution in [0.25, 0.3) is 22.7 Å². The van der Waals surface area contributed by atoms with Crippen LogP contribution in [-0.2, 0) is 11.3 Å². The molecule has 0 spiro atoms. The molecule has 0 saturated heterocycles. The van der Waals surface area contributed by atoms with E-state index < -0.39 is 0 Å². The van der Waals surface area contributed by atoms with Crippen LogP contribution in [-0.4, -0.2) is 44.1 Å². The van der Waals surface area contributed by atoms with Crippen molar-refractivity contribution in [3.63, 3.8) is 0 Å². The molecule has 0 aliphatic heterocycles. The zero-order chi connectivity index (χ0) is 20.9. The van der Waals surface area contributed by atoms with E-state index in [0.29, 0.717) is 42.6 Å². The average Bonchev–Trinajstić information content (AvgIpc) is 3.48. The molecule has 2 N–H and O–H groups in total. The third-order valence-corrected chi connectivity index (χ3v) is 4.51. The van der Waals surface area contributed by atoms with Crippen molar-refractivity contribution in [2.45, 2.75) is 20.4 Å². The molecule has 30 heavy (non-hydrogen) atoms. The van der Waals surface area contributed by atoms with Crippen LogP contribution in [0.5, 0.6) is 0 Å². The molecule has 1 amide bonds. The van der Waals surface area contributed by atoms with E-state index in [4.69, 9.17) is 9.15 Å². The molecule has 0 unspecified atom stereocenters. The van der Waals surface area contributed by atoms with Crippen LogP contribution in [0.15, 0.2) is 53.3 Å². The number of hydrogen-bond acceptors (Lipinski definition) is 6. The summed E-state index contributed by atoms with van der Waals surface area (Å²) >= 11 is 0. The van der Waals surface area contributed by atoms with Crippen molar-refractivity contribution in [1.29, 1.82) is 0 Å². The molecule has 0 aliphatic carbocycles. The van der Waals surface area contributed by atoms with E-state index in [0.717, 1.165) is 11.3 Å². The topological polar surface area (TPSA) is 111 Å². The molecule has 154 valence electrons. The van der Waals surface area contributed by atoms with E-state index in [9.17, 15) is 4.79 Å². The number of nitrogens with one attached hydrogen (secondary N) is 2. The number of rotatable bonds is 8. The molecule has 4 heterocycles. The number of ether oxygens (including phenoxy) is 1. The normalized spacial score (nSPS) is 11.0. The van der Waals surface area contributed by atoms with Crippen molar-refractivity contribution in [2.24, 2.45) is 0 Å². The molecule has 4 rings (SSSR count). The van der Waals surface area contributed by atoms with Gasteiger partial charge in [-0.1, -0.05) is 6.07 Å². The van der Waals surface area contributed by atoms with Crippen LogP contribution in [0, 0.1) is 6.92 Å². The molecule has 4 aromatic rings. The number of aromatic amines is 1. The molecule has 4 aromatic heterocycles. The third kappa shape index (κ3) is 4.15. The summed E-state index contributed by atoms with van der Waals surface area (Å²) in [6.07, 6.45) is 5.19. The fourth-order valence-corrected chi connectivity index (χ4v) is 3.02. The number of aromatic nitrogens is 5. The zero-order valence-corrected chi connectivity index (χ0v) is 16.8. The van der Waals surface area contributed by atoms with Gasteiger partial charge in [-0.25, -0.2) is 0 Å². The Balaban J connectivity index is 1.58. The second kappa shape index (κ2) is 8.75. The van der Waals surface area contributed by atoms with Gasteiger partial charge in [-0.3, -0.25) is 19.6 Å². The summed E-state index contributed by atoms with van der Waals surface area (Å²) in [5.41, 5.74) is 3.40. The van der Waals surface area contributed by atoms with Crippen LogP contribution >= 0.6 is 0 Å². The van der Waals surface area contributed by atoms with Crippen LogP contribution in [0.2, 0.25) is 0 Å². The molecule has 0 aromatic carbocycles. The Morgan fingerprint density at radius 2 is 2.20 bits per heavy atom. The first kappa shape index (κ1) is 19.6. The third-order valence-electron chi connectivity index (χ3n) is 4.51. The van der Waals surface area contributed by atoms with Crippen molar-refractivity contribution in [3.05, 3.63) is 60.4 Å². The average molecular weight is 406 g/mol. The van der Waals surface area contributed by atoms with Gasteiger partial charge in [-0.15, -0.1) is 0 Å². The maximum absolute atomic E-state index is 12.8. The van der Waals surface area contributed by atoms with Gasteiger partial charge in [0.1, 0.15) is 11.5 Å². The maximum Gasteiger partial charge on any atom is 0.291 e. The summed E-state index contributed by atoms with van der Waals surface area (Å²) in [4.78, 5) is 17.2. The molecule has 0 radical (unpaired) electrons. The highest BCUT2D eigenvalue weighted by atomic mass is 16.5. The van der Waals surface area contributed by atoms with Gasteiger partial charge in [0, 0.05) is 25.2 Å². The van der Waals surface area contributed by atoms with Gasteiger partial charge in [0.2, 0.25) is 0 Å². The summed E-state index contributed by atoms with van der Waals surface area (Å²) < 4.78 is 12.9. The van der Waals surface area contributed by atoms with Crippen LogP contribution in [0.4, 0.5) is 5.69 Å². The van der Waals surface area contributed by atoms with Crippen molar-refractivity contribution in [3.8, 4) is 22.7 Å². The Kier molecular flexibility index (Phi) is 5.71. The highest BCUT2D eigenvalue weighted by molar-refractivity contribution is 6.04. The van der Waals surface area contributed by atoms with Gasteiger partial charge in [0.25, 0.3) is 5.91 Å². The highest BCUT2D eigenvalue weighted by Crippen LogP contribution is 2.27. The lowest BCUT2D eigenvalue weighted by atomic mass is 10.2. The standard InChI is InChI=1S/C21H22N6O3/c1-3-29-11-10-27-13-17(20(26-27)16-6-4-5-9-22-16)24-21(28)19-8-7-18(30-19)15-12-23-25-14(15)2/h4-9,12-13H,3,10-11H2,1-2H3,(H,23,25)(H,24,28). The van der Waals surface area contributed by atoms with E-state index in [-0.39, 0.29) is 11.7 Å². The number of furan rings is 1. The lowest BCUT2D eigenvalue weighted by molar-refractivity contribution is 0.0997. The molecule has 9 nitrogen and oxygen atoms in total. The molecule has 0 bridgehead atoms. The minimum Gasteiger partial charge on any atom is -0.451 e. The molecular weight excluding hydrogens is 384 g/mol. The highest BCUT2D eigenvalue weighted by Gasteiger charge is 2.19. The fourth-order valence-electron chi connectivity index (χ4n) is 3.02. The van der Waals surface area contributed by atoms with Gasteiger partial charge in [-0.2, -0.15) is 10.2 Å². The van der Waals surface area contributed by atoms with Crippen molar-refractivity contribution in [2.75, 3.05) is 18.5 Å². The number of anilines is 1. The van der Waals surface area contributed by atoms with E-state index >= 15 is 0 Å². The number of carbonyl (C=O) groups excluding carboxylic acids is 1. The smallest absolute Gasteiger partial charge is 0.291 e. The summed E-state index contributed by atoms with van der Waals surface area (Å²) in [5.74, 6) is 0.396. The Bertz CT molecular complexity index is 1130. The fraction of sp³-hybridized carbons (Fsp3) is 0.238. The maximum atomic E-state index is 12.8. The number of nitrogens with zero attached hydrogens (tertiary/aromatic N) is 4. The van der Waals surface area contributed by atoms with E-state index in [1.54, 1.807) is 35.4 Å². The molecule has 0 fully saturated rings. The minimum absolute atomic E-state index is 0.194. The summed E-state index contributed by atoms with van der Waals surface area (Å²) in [7, 11) is 0. The van der Waals surface area contributed by atoms with Crippen LogP contribution < -0.4 is 5.32 Å². The van der Waals surface area contributed by atoms with Gasteiger partial charge < -0.3 is 14.5 Å². The quantitative estimate of drug-likeness (QED) is 0.433. The monoisotopic (exact) mass is 406 g/mol. The number of pyridine rings is 1. The number of carbonyl (C=O) groups is 1. The van der Waals surface area contributed by atoms with Crippen molar-refractivity contribution < 1.29 is 13.9 Å². The van der Waals surface area contributed by atoms with Crippen LogP contribution in [0.3, 0.4) is 0 Å². The second-order valence-corrected chi connectivity index (χ2v) is 6.57. The predicted molar refractivity (Wildman–Crippen MR) is 111 cm³/mol. The van der Waals surface area contributed by atoms with Crippen molar-refractivity contribution >= 4 is 11.6 Å². The number of aryl methyl sites for hydroxylation is 1. The van der Waals surface area contributed by atoms with Gasteiger partial charge in [0.05, 0.1) is 35.8 Å². The van der Waals surface area contributed by atoms with Crippen LogP contribution in [0.1, 0.15) is 23.2 Å². The first-order chi connectivity index (χ1) is 14.7. The Morgan fingerprint density at radius 1 is 1.30 bits per heavy atom. The predicted octanol–water partition coefficient (Wildman–Crippen LogP) is 3.53. The molecule has 0 atom stereocenters. The van der Waals surface area contributed by atoms with E-state index in [2.05, 4.69) is 25.6 Å². The molecular formula is C21H22N6O3. The molecule has 0 saturated carbocycles. The number of amides is 1. The second-order valence-electron chi connectivity index (χ2n) is 6.57. The Labute approximate surface area is 173 Å². The summed E-state index contributed by atoms with van der Waals surface area (Å²) in [6.45, 7) is 5.53. The Morgan fingerprint density at radius 3 is 2.93 bits per heavy atom. The number of hydrogen-bond donors (Lipinski definition) is 2. The molecule has 0 aliphatic rings. The lowest BCUT2D eigenvalue weighted by Gasteiger charge is -2.03. The van der Waals surface area contributed by atoms with E-state index in [1.165, 1.54) is 0 Å². The zero-order valence-electron chi connectivity index (χ0n) is 16.8. The largest absolute Gasteiger partial charge is 0.451 e. The Hall–Kier alpha value is -3.72. The summed E-state index contributed by atoms with van der Waals surface area (Å²) in [5, 5.41) is 14.3. The summed E-state index contributed by atoms with van der Waals surface area (Å²) in [6, 6.07) is 8.93.